The number of nitrogens with zero attached hydrogens (tertiary/aromatic N) is 2. The van der Waals surface area contributed by atoms with Gasteiger partial charge in [0.1, 0.15) is 0 Å². The second-order valence-electron chi connectivity index (χ2n) is 9.90. The number of nitrogens with one attached hydrogen (secondary N) is 2. The normalized spacial score (nSPS) is 11.9. The first-order valence-corrected chi connectivity index (χ1v) is 12.7. The number of esters is 1. The molecule has 0 saturated carbocycles. The molecule has 8 heteroatoms. The Kier molecular flexibility index (Phi) is 8.45. The van der Waals surface area contributed by atoms with E-state index < -0.39 is 12.0 Å². The Labute approximate surface area is 228 Å². The molecule has 0 fully saturated rings. The lowest BCUT2D eigenvalue weighted by Crippen LogP contribution is -2.22. The lowest BCUT2D eigenvalue weighted by atomic mass is 9.86. The number of carbonyl (C=O) groups is 1. The Morgan fingerprint density at radius 2 is 1.58 bits per heavy atom. The number of carbonyl (C=O) groups excluding carboxylic acids is 1. The van der Waals surface area contributed by atoms with Crippen LogP contribution in [0.25, 0.3) is 11.3 Å². The molecule has 0 radical (unpaired) electrons. The van der Waals surface area contributed by atoms with Crippen molar-refractivity contribution in [3.63, 3.8) is 0 Å². The molecular weight excluding hydrogens is 494 g/mol. The molecule has 7 nitrogen and oxygen atoms in total. The maximum atomic E-state index is 12.7. The van der Waals surface area contributed by atoms with Crippen molar-refractivity contribution >= 4 is 34.8 Å². The van der Waals surface area contributed by atoms with Gasteiger partial charge in [-0.05, 0) is 53.0 Å². The molecule has 1 aromatic heterocycles. The Morgan fingerprint density at radius 3 is 2.24 bits per heavy atom. The molecule has 4 aromatic rings. The van der Waals surface area contributed by atoms with Crippen LogP contribution in [0.1, 0.15) is 44.4 Å². The number of benzene rings is 3. The average molecular weight is 526 g/mol. The number of hydrogen-bond donors (Lipinski definition) is 3. The van der Waals surface area contributed by atoms with Crippen molar-refractivity contribution in [1.29, 1.82) is 0 Å². The van der Waals surface area contributed by atoms with Crippen molar-refractivity contribution in [2.24, 2.45) is 5.73 Å². The summed E-state index contributed by atoms with van der Waals surface area (Å²) in [5.74, 6) is 0.399. The predicted molar refractivity (Wildman–Crippen MR) is 156 cm³/mol. The van der Waals surface area contributed by atoms with E-state index in [9.17, 15) is 4.79 Å². The number of nitrogens with two attached hydrogens (primary N) is 1. The highest BCUT2D eigenvalue weighted by Crippen LogP contribution is 2.27. The van der Waals surface area contributed by atoms with Crippen molar-refractivity contribution in [3.8, 4) is 17.0 Å². The molecule has 0 amide bonds. The molecule has 0 aliphatic rings. The number of rotatable bonds is 7. The zero-order valence-corrected chi connectivity index (χ0v) is 22.5. The number of thiocarbonyl (C=S) groups is 1. The first-order valence-electron chi connectivity index (χ1n) is 12.3. The van der Waals surface area contributed by atoms with Crippen molar-refractivity contribution in [2.45, 2.75) is 38.6 Å². The largest absolute Gasteiger partial charge is 0.424 e. The molecule has 194 valence electrons. The van der Waals surface area contributed by atoms with Crippen LogP contribution in [0.2, 0.25) is 0 Å². The number of para-hydroxylation sites is 2. The van der Waals surface area contributed by atoms with E-state index in [0.29, 0.717) is 17.3 Å². The van der Waals surface area contributed by atoms with Crippen LogP contribution in [0.15, 0.2) is 91.0 Å². The molecular formula is C30H31N5O2S. The zero-order valence-electron chi connectivity index (χ0n) is 21.6. The highest BCUT2D eigenvalue weighted by molar-refractivity contribution is 7.80. The molecule has 4 rings (SSSR count). The fraction of sp³-hybridized carbons (Fsp3) is 0.200. The molecule has 1 atom stereocenters. The summed E-state index contributed by atoms with van der Waals surface area (Å²) in [7, 11) is 0. The summed E-state index contributed by atoms with van der Waals surface area (Å²) in [4.78, 5) is 12.7. The number of ether oxygens (including phenoxy) is 1. The van der Waals surface area contributed by atoms with Gasteiger partial charge in [0.05, 0.1) is 17.8 Å². The third kappa shape index (κ3) is 7.21. The Morgan fingerprint density at radius 1 is 0.895 bits per heavy atom. The molecule has 0 bridgehead atoms. The monoisotopic (exact) mass is 525 g/mol. The van der Waals surface area contributed by atoms with Gasteiger partial charge >= 0.3 is 5.97 Å². The van der Waals surface area contributed by atoms with Gasteiger partial charge < -0.3 is 21.1 Å². The topological polar surface area (TPSA) is 102 Å². The van der Waals surface area contributed by atoms with Crippen LogP contribution in [0.3, 0.4) is 0 Å². The Bertz CT molecular complexity index is 1390. The number of hydrogen-bond acceptors (Lipinski definition) is 6. The summed E-state index contributed by atoms with van der Waals surface area (Å²) < 4.78 is 5.63. The van der Waals surface area contributed by atoms with E-state index in [2.05, 4.69) is 41.6 Å². The van der Waals surface area contributed by atoms with E-state index >= 15 is 0 Å². The van der Waals surface area contributed by atoms with E-state index in [-0.39, 0.29) is 16.9 Å². The van der Waals surface area contributed by atoms with Gasteiger partial charge in [-0.3, -0.25) is 4.79 Å². The summed E-state index contributed by atoms with van der Waals surface area (Å²) in [6.07, 6.45) is 0.0370. The first kappa shape index (κ1) is 26.9. The van der Waals surface area contributed by atoms with Crippen LogP contribution in [-0.4, -0.2) is 21.3 Å². The SMILES string of the molecule is CC(C)(C)c1ccc(C(N)CC(=O)Oc2ccccc2NC(=S)Nc2ccc(-c3ccccc3)nn2)cc1. The van der Waals surface area contributed by atoms with E-state index in [1.54, 1.807) is 24.3 Å². The smallest absolute Gasteiger partial charge is 0.313 e. The molecule has 1 unspecified atom stereocenters. The molecule has 0 aliphatic heterocycles. The predicted octanol–water partition coefficient (Wildman–Crippen LogP) is 6.25. The first-order chi connectivity index (χ1) is 18.2. The van der Waals surface area contributed by atoms with Gasteiger partial charge in [0.15, 0.2) is 16.7 Å². The molecule has 4 N–H and O–H groups in total. The molecule has 1 heterocycles. The van der Waals surface area contributed by atoms with Crippen LogP contribution in [-0.2, 0) is 10.2 Å². The molecule has 38 heavy (non-hydrogen) atoms. The minimum atomic E-state index is -0.475. The standard InChI is InChI=1S/C30H31N5O2S/c1-30(2,3)22-15-13-20(14-16-22)23(31)19-28(36)37-26-12-8-7-11-25(26)32-29(38)33-27-18-17-24(34-35-27)21-9-5-4-6-10-21/h4-18,23H,19,31H2,1-3H3,(H2,32,33,35,38). The number of anilines is 2. The quantitative estimate of drug-likeness (QED) is 0.148. The van der Waals surface area contributed by atoms with Crippen LogP contribution >= 0.6 is 12.2 Å². The van der Waals surface area contributed by atoms with Crippen LogP contribution < -0.4 is 21.1 Å². The van der Waals surface area contributed by atoms with E-state index in [4.69, 9.17) is 22.7 Å². The Balaban J connectivity index is 1.34. The maximum Gasteiger partial charge on any atom is 0.313 e. The summed E-state index contributed by atoms with van der Waals surface area (Å²) in [5, 5.41) is 14.8. The third-order valence-electron chi connectivity index (χ3n) is 5.93. The lowest BCUT2D eigenvalue weighted by molar-refractivity contribution is -0.134. The molecule has 3 aromatic carbocycles. The molecule has 0 spiro atoms. The summed E-state index contributed by atoms with van der Waals surface area (Å²) in [5.41, 5.74) is 10.7. The van der Waals surface area contributed by atoms with E-state index in [0.717, 1.165) is 16.8 Å². The summed E-state index contributed by atoms with van der Waals surface area (Å²) >= 11 is 5.44. The minimum absolute atomic E-state index is 0.0370. The van der Waals surface area contributed by atoms with Gasteiger partial charge in [-0.2, -0.15) is 0 Å². The minimum Gasteiger partial charge on any atom is -0.424 e. The van der Waals surface area contributed by atoms with Crippen molar-refractivity contribution in [2.75, 3.05) is 10.6 Å². The maximum absolute atomic E-state index is 12.7. The van der Waals surface area contributed by atoms with Gasteiger partial charge in [0.25, 0.3) is 0 Å². The number of aromatic nitrogens is 2. The second kappa shape index (κ2) is 11.9. The van der Waals surface area contributed by atoms with E-state index in [1.165, 1.54) is 5.56 Å². The van der Waals surface area contributed by atoms with Gasteiger partial charge in [-0.1, -0.05) is 87.5 Å². The summed E-state index contributed by atoms with van der Waals surface area (Å²) in [6.45, 7) is 6.46. The van der Waals surface area contributed by atoms with Crippen molar-refractivity contribution in [1.82, 2.24) is 10.2 Å². The van der Waals surface area contributed by atoms with Gasteiger partial charge in [-0.15, -0.1) is 10.2 Å². The summed E-state index contributed by atoms with van der Waals surface area (Å²) in [6, 6.07) is 28.1. The zero-order chi connectivity index (χ0) is 27.1. The highest BCUT2D eigenvalue weighted by atomic mass is 32.1. The fourth-order valence-corrected chi connectivity index (χ4v) is 4.00. The second-order valence-corrected chi connectivity index (χ2v) is 10.3. The molecule has 0 saturated heterocycles. The van der Waals surface area contributed by atoms with Crippen LogP contribution in [0.4, 0.5) is 11.5 Å². The average Bonchev–Trinajstić information content (AvgIpc) is 2.90. The Hall–Kier alpha value is -4.14. The van der Waals surface area contributed by atoms with Crippen molar-refractivity contribution in [3.05, 3.63) is 102 Å². The van der Waals surface area contributed by atoms with Gasteiger partial charge in [0, 0.05) is 11.6 Å². The highest BCUT2D eigenvalue weighted by Gasteiger charge is 2.18. The lowest BCUT2D eigenvalue weighted by Gasteiger charge is -2.20. The molecule has 0 aliphatic carbocycles. The third-order valence-corrected chi connectivity index (χ3v) is 6.13. The van der Waals surface area contributed by atoms with Gasteiger partial charge in [-0.25, -0.2) is 0 Å². The van der Waals surface area contributed by atoms with Crippen LogP contribution in [0, 0.1) is 0 Å². The van der Waals surface area contributed by atoms with Crippen molar-refractivity contribution < 1.29 is 9.53 Å². The fourth-order valence-electron chi connectivity index (χ4n) is 3.78. The van der Waals surface area contributed by atoms with E-state index in [1.807, 2.05) is 66.7 Å². The van der Waals surface area contributed by atoms with Gasteiger partial charge in [0.2, 0.25) is 0 Å². The van der Waals surface area contributed by atoms with Crippen LogP contribution in [0.5, 0.6) is 5.75 Å².